The summed E-state index contributed by atoms with van der Waals surface area (Å²) in [7, 11) is 0. The molecule has 3 heterocycles. The molecule has 1 aromatic heterocycles. The second-order valence-corrected chi connectivity index (χ2v) is 15.1. The van der Waals surface area contributed by atoms with Gasteiger partial charge in [0.2, 0.25) is 0 Å². The molecule has 7 rings (SSSR count). The highest BCUT2D eigenvalue weighted by Gasteiger charge is 2.45. The van der Waals surface area contributed by atoms with Gasteiger partial charge >= 0.3 is 0 Å². The number of aryl methyl sites for hydroxylation is 3. The Morgan fingerprint density at radius 1 is 1.08 bits per heavy atom. The molecule has 0 spiro atoms. The molecule has 6 unspecified atom stereocenters. The Hall–Kier alpha value is -4.31. The van der Waals surface area contributed by atoms with Gasteiger partial charge in [0.05, 0.1) is 34.9 Å². The van der Waals surface area contributed by atoms with E-state index in [9.17, 15) is 20.6 Å². The van der Waals surface area contributed by atoms with Crippen molar-refractivity contribution in [2.24, 2.45) is 5.92 Å². The zero-order valence-corrected chi connectivity index (χ0v) is 30.3. The van der Waals surface area contributed by atoms with Crippen LogP contribution < -0.4 is 16.0 Å². The number of aromatic nitrogens is 1. The Bertz CT molecular complexity index is 1930. The molecule has 3 aliphatic rings. The first-order valence-corrected chi connectivity index (χ1v) is 18.4. The molecule has 0 radical (unpaired) electrons. The molecular weight excluding hydrogens is 659 g/mol. The molecule has 2 fully saturated rings. The number of nitrogens with zero attached hydrogens (tertiary/aromatic N) is 3. The van der Waals surface area contributed by atoms with Crippen molar-refractivity contribution in [3.05, 3.63) is 99.7 Å². The normalized spacial score (nSPS) is 23.4. The summed E-state index contributed by atoms with van der Waals surface area (Å²) in [5.41, 5.74) is 8.61. The SMILES string of the molecule is Cc1ccc(-c2c(C)noc2C)cc1C(CC(C)CCNc1cc2c(cc1F)CN(C1CCC(O)NC1O)C2O)Nc1ccc(C2(C#N)CC2)cc1. The molecule has 6 N–H and O–H groups in total. The highest BCUT2D eigenvalue weighted by atomic mass is 19.1. The minimum atomic E-state index is -0.991. The maximum Gasteiger partial charge on any atom is 0.146 e. The van der Waals surface area contributed by atoms with Crippen molar-refractivity contribution in [3.8, 4) is 17.2 Å². The lowest BCUT2D eigenvalue weighted by atomic mass is 9.88. The van der Waals surface area contributed by atoms with Crippen molar-refractivity contribution in [2.75, 3.05) is 17.2 Å². The van der Waals surface area contributed by atoms with E-state index in [-0.39, 0.29) is 23.2 Å². The fourth-order valence-corrected chi connectivity index (χ4v) is 8.11. The van der Waals surface area contributed by atoms with Crippen LogP contribution in [0.15, 0.2) is 59.1 Å². The number of hydrogen-bond acceptors (Lipinski definition) is 10. The summed E-state index contributed by atoms with van der Waals surface area (Å²) in [6, 6.07) is 20.0. The Kier molecular flexibility index (Phi) is 10.1. The smallest absolute Gasteiger partial charge is 0.146 e. The molecule has 6 atom stereocenters. The monoisotopic (exact) mass is 708 g/mol. The van der Waals surface area contributed by atoms with Gasteiger partial charge in [0.15, 0.2) is 0 Å². The summed E-state index contributed by atoms with van der Waals surface area (Å²) in [5.74, 6) is 0.645. The number of halogens is 1. The van der Waals surface area contributed by atoms with Gasteiger partial charge in [-0.3, -0.25) is 10.2 Å². The van der Waals surface area contributed by atoms with Gasteiger partial charge in [0, 0.05) is 29.9 Å². The molecule has 0 bridgehead atoms. The number of anilines is 2. The van der Waals surface area contributed by atoms with E-state index in [1.54, 1.807) is 11.0 Å². The van der Waals surface area contributed by atoms with E-state index in [4.69, 9.17) is 4.52 Å². The van der Waals surface area contributed by atoms with Crippen LogP contribution in [-0.4, -0.2) is 50.4 Å². The predicted octanol–water partition coefficient (Wildman–Crippen LogP) is 6.84. The first-order chi connectivity index (χ1) is 25.0. The zero-order valence-electron chi connectivity index (χ0n) is 30.3. The van der Waals surface area contributed by atoms with Crippen molar-refractivity contribution >= 4 is 11.4 Å². The lowest BCUT2D eigenvalue weighted by Crippen LogP contribution is -2.56. The topological polar surface area (TPSA) is 150 Å². The minimum Gasteiger partial charge on any atom is -0.383 e. The average Bonchev–Trinajstić information content (AvgIpc) is 3.77. The van der Waals surface area contributed by atoms with Gasteiger partial charge in [-0.2, -0.15) is 5.26 Å². The van der Waals surface area contributed by atoms with Crippen LogP contribution in [0.3, 0.4) is 0 Å². The summed E-state index contributed by atoms with van der Waals surface area (Å²) in [4.78, 5) is 1.76. The van der Waals surface area contributed by atoms with Gasteiger partial charge in [-0.15, -0.1) is 0 Å². The number of benzene rings is 3. The van der Waals surface area contributed by atoms with Crippen LogP contribution in [-0.2, 0) is 12.0 Å². The molecular formula is C41H49FN6O4. The average molecular weight is 709 g/mol. The second-order valence-electron chi connectivity index (χ2n) is 15.1. The zero-order chi connectivity index (χ0) is 36.7. The second kappa shape index (κ2) is 14.6. The lowest BCUT2D eigenvalue weighted by Gasteiger charge is -2.39. The molecule has 3 aromatic carbocycles. The number of nitrogens with one attached hydrogen (secondary N) is 3. The van der Waals surface area contributed by atoms with E-state index in [2.05, 4.69) is 83.5 Å². The summed E-state index contributed by atoms with van der Waals surface area (Å²) >= 11 is 0. The molecule has 2 aliphatic heterocycles. The third-order valence-electron chi connectivity index (χ3n) is 11.4. The van der Waals surface area contributed by atoms with E-state index in [0.29, 0.717) is 42.7 Å². The molecule has 0 amide bonds. The lowest BCUT2D eigenvalue weighted by molar-refractivity contribution is -0.104. The van der Waals surface area contributed by atoms with Gasteiger partial charge < -0.3 is 30.5 Å². The van der Waals surface area contributed by atoms with Crippen molar-refractivity contribution < 1.29 is 24.2 Å². The first kappa shape index (κ1) is 36.1. The van der Waals surface area contributed by atoms with Crippen molar-refractivity contribution in [1.82, 2.24) is 15.4 Å². The van der Waals surface area contributed by atoms with Crippen LogP contribution in [0.5, 0.6) is 0 Å². The summed E-state index contributed by atoms with van der Waals surface area (Å²) in [6.07, 6.45) is 1.61. The van der Waals surface area contributed by atoms with Gasteiger partial charge in [0.1, 0.15) is 30.3 Å². The van der Waals surface area contributed by atoms with Gasteiger partial charge in [-0.1, -0.05) is 36.3 Å². The van der Waals surface area contributed by atoms with Crippen LogP contribution in [0.1, 0.15) is 97.0 Å². The Balaban J connectivity index is 1.05. The molecule has 1 saturated heterocycles. The summed E-state index contributed by atoms with van der Waals surface area (Å²) < 4.78 is 20.8. The van der Waals surface area contributed by atoms with Crippen LogP contribution in [0.25, 0.3) is 11.1 Å². The number of hydrogen-bond donors (Lipinski definition) is 6. The third-order valence-corrected chi connectivity index (χ3v) is 11.4. The van der Waals surface area contributed by atoms with Gasteiger partial charge in [-0.25, -0.2) is 4.39 Å². The highest BCUT2D eigenvalue weighted by Crippen LogP contribution is 2.48. The molecule has 4 aromatic rings. The Morgan fingerprint density at radius 3 is 2.52 bits per heavy atom. The highest BCUT2D eigenvalue weighted by molar-refractivity contribution is 5.69. The number of rotatable bonds is 12. The van der Waals surface area contributed by atoms with E-state index in [1.807, 2.05) is 13.8 Å². The first-order valence-electron chi connectivity index (χ1n) is 18.4. The molecule has 274 valence electrons. The molecule has 1 saturated carbocycles. The number of aliphatic hydroxyl groups excluding tert-OH is 3. The Labute approximate surface area is 304 Å². The predicted molar refractivity (Wildman–Crippen MR) is 197 cm³/mol. The van der Waals surface area contributed by atoms with E-state index < -0.39 is 24.7 Å². The minimum absolute atomic E-state index is 0.0317. The largest absolute Gasteiger partial charge is 0.383 e. The number of fused-ring (bicyclic) bond motifs is 1. The number of nitriles is 1. The van der Waals surface area contributed by atoms with E-state index in [0.717, 1.165) is 65.1 Å². The third kappa shape index (κ3) is 7.19. The van der Waals surface area contributed by atoms with Crippen LogP contribution in [0.4, 0.5) is 15.8 Å². The maximum atomic E-state index is 15.4. The molecule has 10 nitrogen and oxygen atoms in total. The van der Waals surface area contributed by atoms with Crippen molar-refractivity contribution in [3.63, 3.8) is 0 Å². The van der Waals surface area contributed by atoms with Crippen LogP contribution >= 0.6 is 0 Å². The van der Waals surface area contributed by atoms with Crippen molar-refractivity contribution in [2.45, 2.75) is 109 Å². The fraction of sp³-hybridized carbons (Fsp3) is 0.463. The van der Waals surface area contributed by atoms with Crippen LogP contribution in [0, 0.1) is 43.8 Å². The van der Waals surface area contributed by atoms with Gasteiger partial charge in [-0.05, 0) is 123 Å². The van der Waals surface area contributed by atoms with E-state index in [1.165, 1.54) is 11.6 Å². The Morgan fingerprint density at radius 2 is 1.85 bits per heavy atom. The van der Waals surface area contributed by atoms with Gasteiger partial charge in [0.25, 0.3) is 0 Å². The van der Waals surface area contributed by atoms with Crippen molar-refractivity contribution in [1.29, 1.82) is 5.26 Å². The fourth-order valence-electron chi connectivity index (χ4n) is 8.11. The maximum absolute atomic E-state index is 15.4. The number of aliphatic hydroxyl groups is 3. The van der Waals surface area contributed by atoms with Crippen LogP contribution in [0.2, 0.25) is 0 Å². The quantitative estimate of drug-likeness (QED) is 0.0924. The standard InChI is InChI=1S/C41H49FN6O4/c1-23(13-16-44-35-20-32-28(19-33(35)42)21-48(40(32)51)36-11-12-37(49)46-39(36)50)17-34(45-30-9-7-29(8-10-30)41(22-43)14-15-41)31-18-27(6-5-24(31)2)38-25(3)47-52-26(38)4/h5-10,18-20,23,34,36-37,39-40,44-46,49-51H,11-17,21H2,1-4H3. The molecule has 11 heteroatoms. The summed E-state index contributed by atoms with van der Waals surface area (Å²) in [6.45, 7) is 9.07. The molecule has 52 heavy (non-hydrogen) atoms. The molecule has 1 aliphatic carbocycles. The summed E-state index contributed by atoms with van der Waals surface area (Å²) in [5, 5.41) is 55.2. The van der Waals surface area contributed by atoms with E-state index >= 15 is 4.39 Å². The number of piperidine rings is 1.